The average Bonchev–Trinajstić information content (AvgIpc) is 2.36. The lowest BCUT2D eigenvalue weighted by atomic mass is 10.1. The lowest BCUT2D eigenvalue weighted by Gasteiger charge is -2.30. The molecule has 1 aliphatic rings. The Labute approximate surface area is 117 Å². The summed E-state index contributed by atoms with van der Waals surface area (Å²) < 4.78 is 28.2. The Morgan fingerprint density at radius 1 is 1.32 bits per heavy atom. The fraction of sp³-hybridized carbons (Fsp3) is 1.00. The molecule has 19 heavy (non-hydrogen) atoms. The first-order valence-corrected chi connectivity index (χ1v) is 8.55. The van der Waals surface area contributed by atoms with Crippen LogP contribution in [0.25, 0.3) is 0 Å². The fourth-order valence-electron chi connectivity index (χ4n) is 2.34. The zero-order valence-electron chi connectivity index (χ0n) is 12.1. The normalized spacial score (nSPS) is 19.8. The van der Waals surface area contributed by atoms with Crippen molar-refractivity contribution in [3.63, 3.8) is 0 Å². The van der Waals surface area contributed by atoms with Gasteiger partial charge >= 0.3 is 0 Å². The molecular formula is C12H28N4O2S. The molecule has 1 heterocycles. The number of nitrogens with two attached hydrogens (primary N) is 1. The number of piperidine rings is 1. The van der Waals surface area contributed by atoms with Gasteiger partial charge in [0.15, 0.2) is 0 Å². The van der Waals surface area contributed by atoms with Gasteiger partial charge in [-0.2, -0.15) is 17.4 Å². The third-order valence-electron chi connectivity index (χ3n) is 3.42. The molecule has 0 bridgehead atoms. The zero-order chi connectivity index (χ0) is 14.3. The average molecular weight is 292 g/mol. The van der Waals surface area contributed by atoms with Crippen molar-refractivity contribution in [3.05, 3.63) is 0 Å². The SMILES string of the molecule is CC(CN1CCCCC1)NS(=O)(=O)N(C)CCCN. The van der Waals surface area contributed by atoms with Crippen LogP contribution in [0.2, 0.25) is 0 Å². The van der Waals surface area contributed by atoms with E-state index in [1.54, 1.807) is 7.05 Å². The van der Waals surface area contributed by atoms with E-state index in [1.165, 1.54) is 23.6 Å². The second-order valence-electron chi connectivity index (χ2n) is 5.35. The molecule has 3 N–H and O–H groups in total. The molecule has 1 saturated heterocycles. The van der Waals surface area contributed by atoms with E-state index in [0.29, 0.717) is 19.5 Å². The molecule has 1 rings (SSSR count). The van der Waals surface area contributed by atoms with Crippen LogP contribution in [0, 0.1) is 0 Å². The highest BCUT2D eigenvalue weighted by molar-refractivity contribution is 7.87. The lowest BCUT2D eigenvalue weighted by molar-refractivity contribution is 0.215. The molecule has 1 aliphatic heterocycles. The molecule has 1 fully saturated rings. The van der Waals surface area contributed by atoms with Crippen LogP contribution in [-0.2, 0) is 10.2 Å². The third kappa shape index (κ3) is 6.18. The largest absolute Gasteiger partial charge is 0.330 e. The molecule has 0 aliphatic carbocycles. The molecule has 114 valence electrons. The van der Waals surface area contributed by atoms with Gasteiger partial charge in [0, 0.05) is 26.2 Å². The van der Waals surface area contributed by atoms with E-state index in [4.69, 9.17) is 5.73 Å². The van der Waals surface area contributed by atoms with Gasteiger partial charge in [0.2, 0.25) is 0 Å². The van der Waals surface area contributed by atoms with Crippen molar-refractivity contribution in [3.8, 4) is 0 Å². The minimum Gasteiger partial charge on any atom is -0.330 e. The Morgan fingerprint density at radius 2 is 1.95 bits per heavy atom. The highest BCUT2D eigenvalue weighted by Gasteiger charge is 2.21. The van der Waals surface area contributed by atoms with Crippen LogP contribution in [0.5, 0.6) is 0 Å². The van der Waals surface area contributed by atoms with Crippen molar-refractivity contribution in [1.29, 1.82) is 0 Å². The number of nitrogens with zero attached hydrogens (tertiary/aromatic N) is 2. The summed E-state index contributed by atoms with van der Waals surface area (Å²) in [7, 11) is -1.79. The second kappa shape index (κ2) is 8.16. The molecule has 0 amide bonds. The molecule has 0 aromatic heterocycles. The molecular weight excluding hydrogens is 264 g/mol. The third-order valence-corrected chi connectivity index (χ3v) is 5.12. The van der Waals surface area contributed by atoms with Crippen LogP contribution in [0.3, 0.4) is 0 Å². The molecule has 0 radical (unpaired) electrons. The minimum atomic E-state index is -3.38. The van der Waals surface area contributed by atoms with E-state index in [2.05, 4.69) is 9.62 Å². The van der Waals surface area contributed by atoms with Crippen molar-refractivity contribution in [2.75, 3.05) is 39.8 Å². The second-order valence-corrected chi connectivity index (χ2v) is 7.16. The van der Waals surface area contributed by atoms with Gasteiger partial charge in [0.25, 0.3) is 10.2 Å². The molecule has 6 nitrogen and oxygen atoms in total. The van der Waals surface area contributed by atoms with E-state index in [-0.39, 0.29) is 6.04 Å². The van der Waals surface area contributed by atoms with E-state index in [0.717, 1.165) is 19.6 Å². The summed E-state index contributed by atoms with van der Waals surface area (Å²) in [5.41, 5.74) is 5.40. The van der Waals surface area contributed by atoms with Crippen LogP contribution in [0.1, 0.15) is 32.6 Å². The molecule has 0 aromatic rings. The summed E-state index contributed by atoms with van der Waals surface area (Å²) in [6.07, 6.45) is 4.40. The Morgan fingerprint density at radius 3 is 2.53 bits per heavy atom. The maximum absolute atomic E-state index is 12.0. The monoisotopic (exact) mass is 292 g/mol. The highest BCUT2D eigenvalue weighted by atomic mass is 32.2. The number of likely N-dealkylation sites (tertiary alicyclic amines) is 1. The Balaban J connectivity index is 2.38. The van der Waals surface area contributed by atoms with Gasteiger partial charge in [-0.25, -0.2) is 0 Å². The van der Waals surface area contributed by atoms with Gasteiger partial charge in [-0.05, 0) is 45.8 Å². The smallest absolute Gasteiger partial charge is 0.279 e. The van der Waals surface area contributed by atoms with Crippen LogP contribution < -0.4 is 10.5 Å². The van der Waals surface area contributed by atoms with Crippen molar-refractivity contribution < 1.29 is 8.42 Å². The first-order valence-electron chi connectivity index (χ1n) is 7.11. The molecule has 0 saturated carbocycles. The van der Waals surface area contributed by atoms with Gasteiger partial charge in [-0.15, -0.1) is 0 Å². The summed E-state index contributed by atoms with van der Waals surface area (Å²) in [6.45, 7) is 5.82. The Hall–Kier alpha value is -0.210. The van der Waals surface area contributed by atoms with Gasteiger partial charge in [-0.1, -0.05) is 6.42 Å². The summed E-state index contributed by atoms with van der Waals surface area (Å²) >= 11 is 0. The fourth-order valence-corrected chi connectivity index (χ4v) is 3.48. The summed E-state index contributed by atoms with van der Waals surface area (Å²) in [5.74, 6) is 0. The van der Waals surface area contributed by atoms with Crippen LogP contribution in [0.15, 0.2) is 0 Å². The van der Waals surface area contributed by atoms with Crippen molar-refractivity contribution in [2.24, 2.45) is 5.73 Å². The van der Waals surface area contributed by atoms with E-state index in [9.17, 15) is 8.42 Å². The molecule has 7 heteroatoms. The maximum Gasteiger partial charge on any atom is 0.279 e. The Kier molecular flexibility index (Phi) is 7.23. The van der Waals surface area contributed by atoms with E-state index >= 15 is 0 Å². The van der Waals surface area contributed by atoms with Crippen LogP contribution in [0.4, 0.5) is 0 Å². The zero-order valence-corrected chi connectivity index (χ0v) is 13.0. The van der Waals surface area contributed by atoms with E-state index < -0.39 is 10.2 Å². The predicted octanol–water partition coefficient (Wildman–Crippen LogP) is -0.0242. The summed E-state index contributed by atoms with van der Waals surface area (Å²) in [6, 6.07) is -0.0663. The van der Waals surface area contributed by atoms with Crippen LogP contribution >= 0.6 is 0 Å². The van der Waals surface area contributed by atoms with Gasteiger partial charge < -0.3 is 10.6 Å². The number of hydrogen-bond acceptors (Lipinski definition) is 4. The van der Waals surface area contributed by atoms with Crippen molar-refractivity contribution in [2.45, 2.75) is 38.6 Å². The first kappa shape index (κ1) is 16.8. The van der Waals surface area contributed by atoms with E-state index in [1.807, 2.05) is 6.92 Å². The van der Waals surface area contributed by atoms with Crippen molar-refractivity contribution >= 4 is 10.2 Å². The summed E-state index contributed by atoms with van der Waals surface area (Å²) in [4.78, 5) is 2.33. The summed E-state index contributed by atoms with van der Waals surface area (Å²) in [5, 5.41) is 0. The first-order chi connectivity index (χ1) is 8.95. The van der Waals surface area contributed by atoms with Gasteiger partial charge in [0.1, 0.15) is 0 Å². The predicted molar refractivity (Wildman–Crippen MR) is 78.1 cm³/mol. The minimum absolute atomic E-state index is 0.0663. The van der Waals surface area contributed by atoms with Crippen LogP contribution in [-0.4, -0.2) is 63.4 Å². The molecule has 0 aromatic carbocycles. The standard InChI is InChI=1S/C12H28N4O2S/c1-12(11-16-9-4-3-5-10-16)14-19(17,18)15(2)8-6-7-13/h12,14H,3-11,13H2,1-2H3. The lowest BCUT2D eigenvalue weighted by Crippen LogP contribution is -2.48. The molecule has 1 atom stereocenters. The topological polar surface area (TPSA) is 78.7 Å². The van der Waals surface area contributed by atoms with Gasteiger partial charge in [-0.3, -0.25) is 0 Å². The number of rotatable bonds is 8. The van der Waals surface area contributed by atoms with Gasteiger partial charge in [0.05, 0.1) is 0 Å². The molecule has 1 unspecified atom stereocenters. The van der Waals surface area contributed by atoms with Crippen molar-refractivity contribution in [1.82, 2.24) is 13.9 Å². The number of nitrogens with one attached hydrogen (secondary N) is 1. The highest BCUT2D eigenvalue weighted by Crippen LogP contribution is 2.09. The Bertz CT molecular complexity index is 342. The quantitative estimate of drug-likeness (QED) is 0.659. The number of hydrogen-bond donors (Lipinski definition) is 2. The maximum atomic E-state index is 12.0. The molecule has 0 spiro atoms.